The van der Waals surface area contributed by atoms with E-state index in [0.717, 1.165) is 32.8 Å². The molecule has 100 valence electrons. The van der Waals surface area contributed by atoms with E-state index in [2.05, 4.69) is 54.4 Å². The summed E-state index contributed by atoms with van der Waals surface area (Å²) in [5.41, 5.74) is 1.35. The molecule has 1 aliphatic heterocycles. The van der Waals surface area contributed by atoms with Crippen LogP contribution in [0.2, 0.25) is 0 Å². The van der Waals surface area contributed by atoms with Crippen LogP contribution in [-0.4, -0.2) is 43.3 Å². The highest BCUT2D eigenvalue weighted by molar-refractivity contribution is 5.14. The van der Waals surface area contributed by atoms with Crippen molar-refractivity contribution in [2.45, 2.75) is 32.5 Å². The van der Waals surface area contributed by atoms with Crippen molar-refractivity contribution >= 4 is 0 Å². The minimum Gasteiger partial charge on any atom is -0.376 e. The van der Waals surface area contributed by atoms with Crippen molar-refractivity contribution in [3.63, 3.8) is 0 Å². The highest BCUT2D eigenvalue weighted by Gasteiger charge is 2.22. The highest BCUT2D eigenvalue weighted by atomic mass is 16.5. The van der Waals surface area contributed by atoms with Gasteiger partial charge in [-0.3, -0.25) is 4.90 Å². The lowest BCUT2D eigenvalue weighted by Gasteiger charge is -2.36. The van der Waals surface area contributed by atoms with Crippen LogP contribution in [-0.2, 0) is 11.3 Å². The predicted molar refractivity (Wildman–Crippen MR) is 74.6 cm³/mol. The van der Waals surface area contributed by atoms with Crippen molar-refractivity contribution in [3.8, 4) is 0 Å². The van der Waals surface area contributed by atoms with Crippen LogP contribution in [0.1, 0.15) is 19.4 Å². The van der Waals surface area contributed by atoms with E-state index in [1.54, 1.807) is 0 Å². The number of benzene rings is 1. The van der Waals surface area contributed by atoms with Crippen molar-refractivity contribution in [1.29, 1.82) is 0 Å². The van der Waals surface area contributed by atoms with Crippen molar-refractivity contribution in [3.05, 3.63) is 35.9 Å². The molecule has 2 unspecified atom stereocenters. The first-order valence-electron chi connectivity index (χ1n) is 6.86. The third kappa shape index (κ3) is 4.09. The van der Waals surface area contributed by atoms with E-state index in [1.165, 1.54) is 5.56 Å². The Hall–Kier alpha value is -0.900. The van der Waals surface area contributed by atoms with Crippen LogP contribution in [0.15, 0.2) is 30.3 Å². The summed E-state index contributed by atoms with van der Waals surface area (Å²) in [4.78, 5) is 2.51. The first-order valence-corrected chi connectivity index (χ1v) is 6.86. The Balaban J connectivity index is 1.66. The fourth-order valence-electron chi connectivity index (χ4n) is 2.33. The van der Waals surface area contributed by atoms with E-state index in [-0.39, 0.29) is 0 Å². The lowest BCUT2D eigenvalue weighted by atomic mass is 10.2. The Morgan fingerprint density at radius 1 is 1.28 bits per heavy atom. The van der Waals surface area contributed by atoms with Gasteiger partial charge in [-0.2, -0.15) is 0 Å². The maximum atomic E-state index is 5.63. The first-order chi connectivity index (χ1) is 8.75. The summed E-state index contributed by atoms with van der Waals surface area (Å²) in [5.74, 6) is 0. The largest absolute Gasteiger partial charge is 0.376 e. The molecule has 0 aromatic heterocycles. The van der Waals surface area contributed by atoms with Gasteiger partial charge in [0.05, 0.1) is 12.7 Å². The summed E-state index contributed by atoms with van der Waals surface area (Å²) >= 11 is 0. The molecule has 1 N–H and O–H groups in total. The van der Waals surface area contributed by atoms with E-state index in [9.17, 15) is 0 Å². The summed E-state index contributed by atoms with van der Waals surface area (Å²) < 4.78 is 5.63. The molecule has 0 radical (unpaired) electrons. The Kier molecular flexibility index (Phi) is 5.17. The average Bonchev–Trinajstić information content (AvgIpc) is 2.40. The Morgan fingerprint density at radius 3 is 2.83 bits per heavy atom. The molecule has 2 rings (SSSR count). The third-order valence-corrected chi connectivity index (χ3v) is 3.48. The van der Waals surface area contributed by atoms with Crippen molar-refractivity contribution in [1.82, 2.24) is 10.2 Å². The van der Waals surface area contributed by atoms with Crippen LogP contribution in [0, 0.1) is 0 Å². The molecule has 0 saturated carbocycles. The minimum atomic E-state index is 0.371. The van der Waals surface area contributed by atoms with Gasteiger partial charge in [0.2, 0.25) is 0 Å². The predicted octanol–water partition coefficient (Wildman–Crippen LogP) is 1.89. The molecule has 0 spiro atoms. The molecule has 1 heterocycles. The van der Waals surface area contributed by atoms with Crippen molar-refractivity contribution < 1.29 is 4.74 Å². The van der Waals surface area contributed by atoms with Crippen LogP contribution >= 0.6 is 0 Å². The molecular weight excluding hydrogens is 224 g/mol. The molecule has 1 saturated heterocycles. The SMILES string of the molecule is CC1CN(CCNCc2ccccc2)C(C)CO1. The number of morpholine rings is 1. The summed E-state index contributed by atoms with van der Waals surface area (Å²) in [7, 11) is 0. The summed E-state index contributed by atoms with van der Waals surface area (Å²) in [6.07, 6.45) is 0.371. The molecule has 3 heteroatoms. The molecule has 1 aliphatic rings. The molecule has 1 fully saturated rings. The maximum Gasteiger partial charge on any atom is 0.0674 e. The fourth-order valence-corrected chi connectivity index (χ4v) is 2.33. The van der Waals surface area contributed by atoms with Crippen LogP contribution in [0.4, 0.5) is 0 Å². The molecule has 1 aromatic carbocycles. The monoisotopic (exact) mass is 248 g/mol. The van der Waals surface area contributed by atoms with E-state index >= 15 is 0 Å². The second-order valence-corrected chi connectivity index (χ2v) is 5.15. The molecule has 1 aromatic rings. The number of nitrogens with one attached hydrogen (secondary N) is 1. The number of ether oxygens (including phenoxy) is 1. The lowest BCUT2D eigenvalue weighted by molar-refractivity contribution is -0.0486. The average molecular weight is 248 g/mol. The summed E-state index contributed by atoms with van der Waals surface area (Å²) in [6.45, 7) is 9.39. The third-order valence-electron chi connectivity index (χ3n) is 3.48. The van der Waals surface area contributed by atoms with E-state index in [0.29, 0.717) is 12.1 Å². The van der Waals surface area contributed by atoms with Gasteiger partial charge in [0, 0.05) is 32.2 Å². The Labute approximate surface area is 110 Å². The summed E-state index contributed by atoms with van der Waals surface area (Å²) in [5, 5.41) is 3.50. The fraction of sp³-hybridized carbons (Fsp3) is 0.600. The topological polar surface area (TPSA) is 24.5 Å². The second-order valence-electron chi connectivity index (χ2n) is 5.15. The Bertz CT molecular complexity index is 342. The van der Waals surface area contributed by atoms with E-state index in [1.807, 2.05) is 0 Å². The van der Waals surface area contributed by atoms with Crippen LogP contribution < -0.4 is 5.32 Å². The number of hydrogen-bond donors (Lipinski definition) is 1. The summed E-state index contributed by atoms with van der Waals surface area (Å²) in [6, 6.07) is 11.1. The smallest absolute Gasteiger partial charge is 0.0674 e. The first kappa shape index (κ1) is 13.5. The van der Waals surface area contributed by atoms with Crippen LogP contribution in [0.25, 0.3) is 0 Å². The number of hydrogen-bond acceptors (Lipinski definition) is 3. The molecule has 0 bridgehead atoms. The van der Waals surface area contributed by atoms with Crippen LogP contribution in [0.3, 0.4) is 0 Å². The zero-order valence-electron chi connectivity index (χ0n) is 11.4. The Morgan fingerprint density at radius 2 is 2.06 bits per heavy atom. The number of nitrogens with zero attached hydrogens (tertiary/aromatic N) is 1. The second kappa shape index (κ2) is 6.88. The van der Waals surface area contributed by atoms with Gasteiger partial charge in [0.15, 0.2) is 0 Å². The zero-order chi connectivity index (χ0) is 12.8. The molecule has 3 nitrogen and oxygen atoms in total. The molecule has 18 heavy (non-hydrogen) atoms. The van der Waals surface area contributed by atoms with Crippen molar-refractivity contribution in [2.24, 2.45) is 0 Å². The quantitative estimate of drug-likeness (QED) is 0.805. The standard InChI is InChI=1S/C15H24N2O/c1-13-12-18-14(2)11-17(13)9-8-16-10-15-6-4-3-5-7-15/h3-7,13-14,16H,8-12H2,1-2H3. The van der Waals surface area contributed by atoms with Gasteiger partial charge in [-0.25, -0.2) is 0 Å². The van der Waals surface area contributed by atoms with Gasteiger partial charge >= 0.3 is 0 Å². The normalized spacial score (nSPS) is 25.2. The minimum absolute atomic E-state index is 0.371. The van der Waals surface area contributed by atoms with Gasteiger partial charge < -0.3 is 10.1 Å². The maximum absolute atomic E-state index is 5.63. The van der Waals surface area contributed by atoms with E-state index < -0.39 is 0 Å². The zero-order valence-corrected chi connectivity index (χ0v) is 11.4. The van der Waals surface area contributed by atoms with Gasteiger partial charge in [0.25, 0.3) is 0 Å². The van der Waals surface area contributed by atoms with E-state index in [4.69, 9.17) is 4.74 Å². The molecule has 2 atom stereocenters. The van der Waals surface area contributed by atoms with Crippen LogP contribution in [0.5, 0.6) is 0 Å². The highest BCUT2D eigenvalue weighted by Crippen LogP contribution is 2.10. The number of rotatable bonds is 5. The van der Waals surface area contributed by atoms with Gasteiger partial charge in [0.1, 0.15) is 0 Å². The molecular formula is C15H24N2O. The van der Waals surface area contributed by atoms with Crippen molar-refractivity contribution in [2.75, 3.05) is 26.2 Å². The molecule has 0 aliphatic carbocycles. The van der Waals surface area contributed by atoms with Gasteiger partial charge in [-0.1, -0.05) is 30.3 Å². The lowest BCUT2D eigenvalue weighted by Crippen LogP contribution is -2.49. The molecule has 0 amide bonds. The van der Waals surface area contributed by atoms with Gasteiger partial charge in [-0.15, -0.1) is 0 Å². The van der Waals surface area contributed by atoms with Gasteiger partial charge in [-0.05, 0) is 19.4 Å².